The van der Waals surface area contributed by atoms with E-state index in [0.29, 0.717) is 6.42 Å². The van der Waals surface area contributed by atoms with Crippen LogP contribution in [0.25, 0.3) is 0 Å². The maximum Gasteiger partial charge on any atom is 0.315 e. The minimum atomic E-state index is -0.171. The smallest absolute Gasteiger partial charge is 0.315 e. The Morgan fingerprint density at radius 2 is 2.05 bits per heavy atom. The van der Waals surface area contributed by atoms with Gasteiger partial charge in [0.15, 0.2) is 0 Å². The molecule has 0 aromatic carbocycles. The second-order valence-corrected chi connectivity index (χ2v) is 5.55. The molecule has 0 aliphatic heterocycles. The summed E-state index contributed by atoms with van der Waals surface area (Å²) in [5, 5.41) is 19.1. The highest BCUT2D eigenvalue weighted by molar-refractivity contribution is 5.74. The summed E-state index contributed by atoms with van der Waals surface area (Å²) in [5.74, 6) is 0. The number of hydrogen-bond acceptors (Lipinski definition) is 3. The van der Waals surface area contributed by atoms with E-state index < -0.39 is 0 Å². The number of rotatable bonds is 7. The van der Waals surface area contributed by atoms with Gasteiger partial charge in [0.25, 0.3) is 0 Å². The summed E-state index contributed by atoms with van der Waals surface area (Å²) < 4.78 is 1.84. The van der Waals surface area contributed by atoms with Gasteiger partial charge in [0, 0.05) is 31.0 Å². The molecule has 2 atom stereocenters. The van der Waals surface area contributed by atoms with Gasteiger partial charge in [-0.3, -0.25) is 4.68 Å². The molecule has 0 aliphatic rings. The van der Waals surface area contributed by atoms with Crippen molar-refractivity contribution in [1.29, 1.82) is 0 Å². The molecule has 6 nitrogen and oxygen atoms in total. The lowest BCUT2D eigenvalue weighted by Gasteiger charge is -2.20. The summed E-state index contributed by atoms with van der Waals surface area (Å²) in [6.45, 7) is 8.12. The zero-order valence-corrected chi connectivity index (χ0v) is 13.7. The predicted octanol–water partition coefficient (Wildman–Crippen LogP) is 1.95. The molecule has 0 fully saturated rings. The number of carbonyl (C=O) groups excluding carboxylic acids is 1. The molecule has 1 aromatic heterocycles. The Bertz CT molecular complexity index is 470. The third kappa shape index (κ3) is 4.74. The Balaban J connectivity index is 2.67. The van der Waals surface area contributed by atoms with Crippen molar-refractivity contribution in [3.63, 3.8) is 0 Å². The number of aliphatic hydroxyl groups excluding tert-OH is 1. The molecule has 3 N–H and O–H groups in total. The van der Waals surface area contributed by atoms with Crippen LogP contribution >= 0.6 is 0 Å². The normalized spacial score (nSPS) is 13.8. The molecule has 120 valence electrons. The Kier molecular flexibility index (Phi) is 6.68. The number of aliphatic hydroxyl groups is 1. The summed E-state index contributed by atoms with van der Waals surface area (Å²) in [5.41, 5.74) is 3.13. The van der Waals surface area contributed by atoms with E-state index in [2.05, 4.69) is 15.7 Å². The molecular weight excluding hydrogens is 268 g/mol. The first kappa shape index (κ1) is 17.5. The molecule has 1 heterocycles. The van der Waals surface area contributed by atoms with Gasteiger partial charge in [-0.15, -0.1) is 0 Å². The number of urea groups is 1. The zero-order valence-electron chi connectivity index (χ0n) is 13.7. The van der Waals surface area contributed by atoms with Crippen molar-refractivity contribution in [2.45, 2.75) is 59.0 Å². The highest BCUT2D eigenvalue weighted by atomic mass is 16.3. The van der Waals surface area contributed by atoms with Gasteiger partial charge >= 0.3 is 6.03 Å². The number of hydrogen-bond donors (Lipinski definition) is 3. The molecule has 0 radical (unpaired) electrons. The van der Waals surface area contributed by atoms with E-state index >= 15 is 0 Å². The number of nitrogens with one attached hydrogen (secondary N) is 2. The molecule has 21 heavy (non-hydrogen) atoms. The predicted molar refractivity (Wildman–Crippen MR) is 83.2 cm³/mol. The highest BCUT2D eigenvalue weighted by Crippen LogP contribution is 2.23. The third-order valence-corrected chi connectivity index (χ3v) is 3.80. The summed E-state index contributed by atoms with van der Waals surface area (Å²) in [6.07, 6.45) is 2.27. The molecule has 0 aliphatic carbocycles. The summed E-state index contributed by atoms with van der Waals surface area (Å²) in [4.78, 5) is 12.1. The molecule has 2 unspecified atom stereocenters. The fraction of sp³-hybridized carbons (Fsp3) is 0.733. The van der Waals surface area contributed by atoms with Crippen LogP contribution in [0.1, 0.15) is 56.1 Å². The van der Waals surface area contributed by atoms with Crippen LogP contribution in [-0.2, 0) is 7.05 Å². The van der Waals surface area contributed by atoms with Gasteiger partial charge in [-0.05, 0) is 40.0 Å². The van der Waals surface area contributed by atoms with E-state index in [-0.39, 0.29) is 24.7 Å². The second-order valence-electron chi connectivity index (χ2n) is 5.55. The number of amides is 2. The van der Waals surface area contributed by atoms with Gasteiger partial charge in [-0.25, -0.2) is 4.79 Å². The van der Waals surface area contributed by atoms with Crippen LogP contribution in [0, 0.1) is 13.8 Å². The Hall–Kier alpha value is -1.56. The second kappa shape index (κ2) is 8.02. The Morgan fingerprint density at radius 1 is 1.38 bits per heavy atom. The monoisotopic (exact) mass is 296 g/mol. The topological polar surface area (TPSA) is 79.2 Å². The van der Waals surface area contributed by atoms with Gasteiger partial charge in [0.2, 0.25) is 0 Å². The molecule has 1 rings (SSSR count). The molecule has 0 bridgehead atoms. The molecule has 6 heteroatoms. The number of nitrogens with zero attached hydrogens (tertiary/aromatic N) is 2. The van der Waals surface area contributed by atoms with E-state index in [0.717, 1.165) is 29.8 Å². The average Bonchev–Trinajstić information content (AvgIpc) is 2.67. The summed E-state index contributed by atoms with van der Waals surface area (Å²) >= 11 is 0. The van der Waals surface area contributed by atoms with E-state index in [1.165, 1.54) is 0 Å². The van der Waals surface area contributed by atoms with Crippen LogP contribution < -0.4 is 10.6 Å². The SMILES string of the molecule is CCC(NC(=O)NC(C)CCCO)c1c(C)nn(C)c1C. The molecule has 0 saturated heterocycles. The lowest BCUT2D eigenvalue weighted by Crippen LogP contribution is -2.42. The standard InChI is InChI=1S/C15H28N4O2/c1-6-13(14-11(3)18-19(5)12(14)4)17-15(21)16-10(2)8-7-9-20/h10,13,20H,6-9H2,1-5H3,(H2,16,17,21). The van der Waals surface area contributed by atoms with Crippen molar-refractivity contribution in [3.05, 3.63) is 17.0 Å². The average molecular weight is 296 g/mol. The van der Waals surface area contributed by atoms with Gasteiger partial charge in [-0.2, -0.15) is 5.10 Å². The summed E-state index contributed by atoms with van der Waals surface area (Å²) in [7, 11) is 1.91. The first-order valence-corrected chi connectivity index (χ1v) is 7.58. The lowest BCUT2D eigenvalue weighted by atomic mass is 10.0. The maximum absolute atomic E-state index is 12.1. The van der Waals surface area contributed by atoms with Crippen molar-refractivity contribution in [1.82, 2.24) is 20.4 Å². The number of aryl methyl sites for hydroxylation is 2. The van der Waals surface area contributed by atoms with E-state index in [4.69, 9.17) is 5.11 Å². The van der Waals surface area contributed by atoms with E-state index in [9.17, 15) is 4.79 Å². The van der Waals surface area contributed by atoms with Crippen LogP contribution in [0.4, 0.5) is 4.79 Å². The van der Waals surface area contributed by atoms with Gasteiger partial charge < -0.3 is 15.7 Å². The summed E-state index contributed by atoms with van der Waals surface area (Å²) in [6, 6.07) is -0.163. The van der Waals surface area contributed by atoms with Crippen LogP contribution in [0.15, 0.2) is 0 Å². The van der Waals surface area contributed by atoms with Crippen LogP contribution in [0.2, 0.25) is 0 Å². The Morgan fingerprint density at radius 3 is 2.52 bits per heavy atom. The van der Waals surface area contributed by atoms with Crippen molar-refractivity contribution >= 4 is 6.03 Å². The quantitative estimate of drug-likeness (QED) is 0.719. The molecule has 0 spiro atoms. The lowest BCUT2D eigenvalue weighted by molar-refractivity contribution is 0.230. The fourth-order valence-electron chi connectivity index (χ4n) is 2.57. The molecule has 0 saturated carbocycles. The zero-order chi connectivity index (χ0) is 16.0. The minimum absolute atomic E-state index is 0.0382. The van der Waals surface area contributed by atoms with Gasteiger partial charge in [0.1, 0.15) is 0 Å². The van der Waals surface area contributed by atoms with Crippen molar-refractivity contribution < 1.29 is 9.90 Å². The maximum atomic E-state index is 12.1. The van der Waals surface area contributed by atoms with Gasteiger partial charge in [0.05, 0.1) is 11.7 Å². The number of carbonyl (C=O) groups is 1. The van der Waals surface area contributed by atoms with Crippen LogP contribution in [0.5, 0.6) is 0 Å². The van der Waals surface area contributed by atoms with Crippen molar-refractivity contribution in [3.8, 4) is 0 Å². The largest absolute Gasteiger partial charge is 0.396 e. The molecular formula is C15H28N4O2. The van der Waals surface area contributed by atoms with E-state index in [1.807, 2.05) is 39.4 Å². The highest BCUT2D eigenvalue weighted by Gasteiger charge is 2.21. The first-order valence-electron chi connectivity index (χ1n) is 7.58. The third-order valence-electron chi connectivity index (χ3n) is 3.80. The first-order chi connectivity index (χ1) is 9.90. The molecule has 1 aromatic rings. The van der Waals surface area contributed by atoms with Crippen molar-refractivity contribution in [2.75, 3.05) is 6.61 Å². The fourth-order valence-corrected chi connectivity index (χ4v) is 2.57. The van der Waals surface area contributed by atoms with Gasteiger partial charge in [-0.1, -0.05) is 6.92 Å². The number of aromatic nitrogens is 2. The van der Waals surface area contributed by atoms with E-state index in [1.54, 1.807) is 0 Å². The molecule has 2 amide bonds. The van der Waals surface area contributed by atoms with Crippen molar-refractivity contribution in [2.24, 2.45) is 7.05 Å². The van der Waals surface area contributed by atoms with Crippen LogP contribution in [-0.4, -0.2) is 33.6 Å². The van der Waals surface area contributed by atoms with Crippen LogP contribution in [0.3, 0.4) is 0 Å². The Labute approximate surface area is 126 Å². The minimum Gasteiger partial charge on any atom is -0.396 e.